The molecule has 4 heteroatoms. The molecule has 222 valence electrons. The van der Waals surface area contributed by atoms with Crippen LogP contribution in [-0.2, 0) is 0 Å². The summed E-state index contributed by atoms with van der Waals surface area (Å²) in [5.74, 6) is 0.824. The fourth-order valence-corrected chi connectivity index (χ4v) is 8.06. The third-order valence-corrected chi connectivity index (χ3v) is 10.0. The molecule has 48 heavy (non-hydrogen) atoms. The first-order chi connectivity index (χ1) is 23.8. The second kappa shape index (κ2) is 9.50. The summed E-state index contributed by atoms with van der Waals surface area (Å²) in [5.41, 5.74) is 11.8. The van der Waals surface area contributed by atoms with E-state index < -0.39 is 0 Å². The molecule has 0 unspecified atom stereocenters. The van der Waals surface area contributed by atoms with Crippen molar-refractivity contribution in [3.63, 3.8) is 0 Å². The topological polar surface area (TPSA) is 35.1 Å². The molecule has 0 aliphatic rings. The van der Waals surface area contributed by atoms with Crippen LogP contribution < -0.4 is 0 Å². The Hall–Kier alpha value is -6.52. The van der Waals surface area contributed by atoms with E-state index in [1.165, 1.54) is 60.0 Å². The van der Waals surface area contributed by atoms with E-state index in [2.05, 4.69) is 155 Å². The molecule has 0 saturated heterocycles. The van der Waals surface area contributed by atoms with Crippen molar-refractivity contribution in [3.8, 4) is 28.2 Å². The molecule has 0 aliphatic carbocycles. The van der Waals surface area contributed by atoms with E-state index in [0.29, 0.717) is 0 Å². The average Bonchev–Trinajstić information content (AvgIpc) is 3.63. The van der Waals surface area contributed by atoms with Gasteiger partial charge in [0.05, 0.1) is 38.6 Å². The predicted molar refractivity (Wildman–Crippen MR) is 199 cm³/mol. The maximum absolute atomic E-state index is 5.46. The van der Waals surface area contributed by atoms with E-state index in [1.54, 1.807) is 0 Å². The largest absolute Gasteiger partial charge is 0.308 e. The number of hydrogen-bond acceptors (Lipinski definition) is 2. The standard InChI is InChI=1S/C44H26N4/c1-3-14-27(15-4-1)32-26-33-30-19-8-12-24-37(30)47-36-23-11-7-18-29(36)31-20-13-25-38-39(31)40(43(33)47)42(32)48(38)44-41(28-16-5-2-6-17-28)45-34-21-9-10-22-35(34)46-44/h1-26H. The van der Waals surface area contributed by atoms with Crippen LogP contribution in [0.4, 0.5) is 0 Å². The van der Waals surface area contributed by atoms with Gasteiger partial charge in [-0.1, -0.05) is 121 Å². The Bertz CT molecular complexity index is 3040. The van der Waals surface area contributed by atoms with Crippen molar-refractivity contribution >= 4 is 70.9 Å². The highest BCUT2D eigenvalue weighted by molar-refractivity contribution is 6.35. The SMILES string of the molecule is c1ccc(-c2nc3ccccc3nc2-n2c3cccc4c5ccccc5n5c6ccccc6c6cc(-c7ccccc7)c2c(c43)c65)cc1. The van der Waals surface area contributed by atoms with Crippen molar-refractivity contribution in [2.75, 3.05) is 0 Å². The zero-order valence-electron chi connectivity index (χ0n) is 25.8. The van der Waals surface area contributed by atoms with Gasteiger partial charge in [0, 0.05) is 38.1 Å². The van der Waals surface area contributed by atoms with Crippen LogP contribution in [0.5, 0.6) is 0 Å². The molecule has 0 amide bonds. The van der Waals surface area contributed by atoms with Gasteiger partial charge in [-0.3, -0.25) is 4.57 Å². The maximum Gasteiger partial charge on any atom is 0.165 e. The summed E-state index contributed by atoms with van der Waals surface area (Å²) in [5, 5.41) is 7.40. The van der Waals surface area contributed by atoms with Gasteiger partial charge < -0.3 is 4.40 Å². The van der Waals surface area contributed by atoms with Gasteiger partial charge in [0.25, 0.3) is 0 Å². The molecule has 0 radical (unpaired) electrons. The Morgan fingerprint density at radius 1 is 0.396 bits per heavy atom. The lowest BCUT2D eigenvalue weighted by atomic mass is 9.97. The van der Waals surface area contributed by atoms with E-state index in [1.807, 2.05) is 12.1 Å². The first-order valence-corrected chi connectivity index (χ1v) is 16.4. The van der Waals surface area contributed by atoms with Crippen LogP contribution in [0, 0.1) is 0 Å². The molecule has 4 nitrogen and oxygen atoms in total. The number of rotatable bonds is 3. The predicted octanol–water partition coefficient (Wildman–Crippen LogP) is 11.2. The zero-order valence-corrected chi connectivity index (χ0v) is 25.8. The van der Waals surface area contributed by atoms with E-state index >= 15 is 0 Å². The summed E-state index contributed by atoms with van der Waals surface area (Å²) in [7, 11) is 0. The van der Waals surface area contributed by atoms with Crippen LogP contribution in [0.25, 0.3) is 99.1 Å². The Labute approximate surface area is 275 Å². The van der Waals surface area contributed by atoms with Crippen LogP contribution in [-0.4, -0.2) is 18.9 Å². The molecule has 0 aliphatic heterocycles. The molecular weight excluding hydrogens is 585 g/mol. The van der Waals surface area contributed by atoms with Gasteiger partial charge in [0.1, 0.15) is 5.69 Å². The quantitative estimate of drug-likeness (QED) is 0.199. The molecule has 0 bridgehead atoms. The van der Waals surface area contributed by atoms with E-state index in [0.717, 1.165) is 39.1 Å². The number of nitrogens with zero attached hydrogens (tertiary/aromatic N) is 4. The summed E-state index contributed by atoms with van der Waals surface area (Å²) in [6.45, 7) is 0. The van der Waals surface area contributed by atoms with Crippen molar-refractivity contribution in [1.29, 1.82) is 0 Å². The van der Waals surface area contributed by atoms with E-state index in [-0.39, 0.29) is 0 Å². The van der Waals surface area contributed by atoms with Crippen LogP contribution in [0.15, 0.2) is 158 Å². The van der Waals surface area contributed by atoms with Crippen molar-refractivity contribution in [2.24, 2.45) is 0 Å². The second-order valence-electron chi connectivity index (χ2n) is 12.6. The number of aromatic nitrogens is 4. The third-order valence-electron chi connectivity index (χ3n) is 10.0. The summed E-state index contributed by atoms with van der Waals surface area (Å²) in [6.07, 6.45) is 0. The van der Waals surface area contributed by atoms with Gasteiger partial charge >= 0.3 is 0 Å². The number of benzene rings is 7. The minimum atomic E-state index is 0.824. The van der Waals surface area contributed by atoms with Gasteiger partial charge in [0.2, 0.25) is 0 Å². The van der Waals surface area contributed by atoms with Crippen molar-refractivity contribution < 1.29 is 0 Å². The maximum atomic E-state index is 5.46. The minimum absolute atomic E-state index is 0.824. The Morgan fingerprint density at radius 2 is 0.958 bits per heavy atom. The molecule has 0 N–H and O–H groups in total. The molecule has 0 fully saturated rings. The minimum Gasteiger partial charge on any atom is -0.308 e. The van der Waals surface area contributed by atoms with Gasteiger partial charge in [0.15, 0.2) is 5.82 Å². The smallest absolute Gasteiger partial charge is 0.165 e. The highest BCUT2D eigenvalue weighted by Gasteiger charge is 2.27. The first-order valence-electron chi connectivity index (χ1n) is 16.4. The van der Waals surface area contributed by atoms with Crippen molar-refractivity contribution in [1.82, 2.24) is 18.9 Å². The number of hydrogen-bond donors (Lipinski definition) is 0. The monoisotopic (exact) mass is 610 g/mol. The highest BCUT2D eigenvalue weighted by Crippen LogP contribution is 2.49. The van der Waals surface area contributed by atoms with Crippen LogP contribution in [0.3, 0.4) is 0 Å². The van der Waals surface area contributed by atoms with E-state index in [4.69, 9.17) is 9.97 Å². The molecular formula is C44H26N4. The summed E-state index contributed by atoms with van der Waals surface area (Å²) < 4.78 is 4.89. The van der Waals surface area contributed by atoms with Crippen LogP contribution in [0.2, 0.25) is 0 Å². The van der Waals surface area contributed by atoms with Gasteiger partial charge in [-0.2, -0.15) is 0 Å². The molecule has 0 spiro atoms. The van der Waals surface area contributed by atoms with E-state index in [9.17, 15) is 0 Å². The third kappa shape index (κ3) is 3.33. The van der Waals surface area contributed by atoms with Gasteiger partial charge in [-0.15, -0.1) is 0 Å². The first kappa shape index (κ1) is 25.6. The number of fused-ring (bicyclic) bond motifs is 7. The van der Waals surface area contributed by atoms with Crippen molar-refractivity contribution in [3.05, 3.63) is 158 Å². The lowest BCUT2D eigenvalue weighted by Gasteiger charge is -2.16. The zero-order chi connectivity index (χ0) is 31.3. The molecule has 0 saturated carbocycles. The molecule has 11 rings (SSSR count). The number of para-hydroxylation sites is 4. The van der Waals surface area contributed by atoms with Crippen LogP contribution >= 0.6 is 0 Å². The fourth-order valence-electron chi connectivity index (χ4n) is 8.06. The van der Waals surface area contributed by atoms with Crippen LogP contribution in [0.1, 0.15) is 0 Å². The lowest BCUT2D eigenvalue weighted by Crippen LogP contribution is -2.04. The molecule has 4 heterocycles. The molecule has 11 aromatic rings. The molecule has 4 aromatic heterocycles. The average molecular weight is 611 g/mol. The molecule has 7 aromatic carbocycles. The lowest BCUT2D eigenvalue weighted by molar-refractivity contribution is 1.08. The fraction of sp³-hybridized carbons (Fsp3) is 0. The van der Waals surface area contributed by atoms with Gasteiger partial charge in [-0.05, 0) is 47.3 Å². The Kier molecular flexibility index (Phi) is 5.08. The Morgan fingerprint density at radius 3 is 1.69 bits per heavy atom. The van der Waals surface area contributed by atoms with Gasteiger partial charge in [-0.25, -0.2) is 9.97 Å². The summed E-state index contributed by atoms with van der Waals surface area (Å²) in [4.78, 5) is 10.8. The Balaban J connectivity index is 1.48. The summed E-state index contributed by atoms with van der Waals surface area (Å²) in [6, 6.07) is 56.3. The highest BCUT2D eigenvalue weighted by atomic mass is 15.1. The second-order valence-corrected chi connectivity index (χ2v) is 12.6. The summed E-state index contributed by atoms with van der Waals surface area (Å²) >= 11 is 0. The van der Waals surface area contributed by atoms with Crippen molar-refractivity contribution in [2.45, 2.75) is 0 Å². The normalized spacial score (nSPS) is 12.2. The molecule has 0 atom stereocenters.